The summed E-state index contributed by atoms with van der Waals surface area (Å²) < 4.78 is 36.7. The molecule has 2 rings (SSSR count). The summed E-state index contributed by atoms with van der Waals surface area (Å²) >= 11 is 0. The van der Waals surface area contributed by atoms with Gasteiger partial charge in [-0.3, -0.25) is 0 Å². The lowest BCUT2D eigenvalue weighted by Crippen LogP contribution is -2.43. The number of fused-ring (bicyclic) bond motifs is 2. The maximum absolute atomic E-state index is 12.2. The highest BCUT2D eigenvalue weighted by Gasteiger charge is 2.42. The van der Waals surface area contributed by atoms with Gasteiger partial charge in [-0.1, -0.05) is 6.42 Å². The van der Waals surface area contributed by atoms with E-state index in [4.69, 9.17) is 0 Å². The number of nitrogens with zero attached hydrogens (tertiary/aromatic N) is 1. The lowest BCUT2D eigenvalue weighted by Gasteiger charge is -2.34. The van der Waals surface area contributed by atoms with E-state index < -0.39 is 13.4 Å². The van der Waals surface area contributed by atoms with E-state index in [0.717, 1.165) is 12.8 Å². The van der Waals surface area contributed by atoms with Crippen LogP contribution in [0.15, 0.2) is 0 Å². The number of hydrogen-bond donors (Lipinski definition) is 0. The second-order valence-corrected chi connectivity index (χ2v) is 4.89. The van der Waals surface area contributed by atoms with Crippen molar-refractivity contribution in [1.82, 2.24) is 4.90 Å². The van der Waals surface area contributed by atoms with Gasteiger partial charge in [0.15, 0.2) is 0 Å². The second kappa shape index (κ2) is 3.44. The third kappa shape index (κ3) is 2.07. The smallest absolute Gasteiger partial charge is 0.448 e. The molecule has 2 aliphatic carbocycles. The van der Waals surface area contributed by atoms with Gasteiger partial charge in [0.25, 0.3) is 0 Å². The van der Waals surface area contributed by atoms with Gasteiger partial charge in [0.1, 0.15) is 0 Å². The van der Waals surface area contributed by atoms with E-state index in [9.17, 15) is 12.9 Å². The van der Waals surface area contributed by atoms with Gasteiger partial charge in [-0.2, -0.15) is 0 Å². The zero-order valence-corrected chi connectivity index (χ0v) is 8.43. The largest absolute Gasteiger partial charge is 0.492 e. The van der Waals surface area contributed by atoms with Gasteiger partial charge in [0.2, 0.25) is 0 Å². The zero-order chi connectivity index (χ0) is 10.3. The molecule has 0 aromatic rings. The fourth-order valence-electron chi connectivity index (χ4n) is 3.21. The molecule has 0 aromatic heterocycles. The number of halogens is 3. The monoisotopic (exact) mass is 206 g/mol. The standard InChI is InChI=1S/C9H16BF3N/c1-14(6-10(11,12)13)9-5-7-2-3-8(9)4-7/h7-9H,2-6H2,1H3/q-1. The van der Waals surface area contributed by atoms with Gasteiger partial charge in [0.05, 0.1) is 0 Å². The molecular weight excluding hydrogens is 190 g/mol. The Balaban J connectivity index is 1.90. The average molecular weight is 206 g/mol. The highest BCUT2D eigenvalue weighted by atomic mass is 19.4. The fraction of sp³-hybridized carbons (Fsp3) is 1.00. The van der Waals surface area contributed by atoms with E-state index in [1.807, 2.05) is 0 Å². The quantitative estimate of drug-likeness (QED) is 0.641. The minimum absolute atomic E-state index is 0.206. The Bertz CT molecular complexity index is 219. The van der Waals surface area contributed by atoms with E-state index in [1.165, 1.54) is 17.7 Å². The highest BCUT2D eigenvalue weighted by Crippen LogP contribution is 2.46. The molecule has 0 spiro atoms. The summed E-state index contributed by atoms with van der Waals surface area (Å²) in [5.74, 6) is 1.26. The van der Waals surface area contributed by atoms with Crippen molar-refractivity contribution in [2.75, 3.05) is 13.5 Å². The first-order chi connectivity index (χ1) is 6.46. The summed E-state index contributed by atoms with van der Waals surface area (Å²) in [6, 6.07) is 0.206. The molecule has 3 unspecified atom stereocenters. The van der Waals surface area contributed by atoms with Crippen molar-refractivity contribution in [3.8, 4) is 0 Å². The van der Waals surface area contributed by atoms with Gasteiger partial charge in [-0.15, -0.1) is 0 Å². The predicted molar refractivity (Wildman–Crippen MR) is 50.9 cm³/mol. The van der Waals surface area contributed by atoms with Gasteiger partial charge in [0, 0.05) is 6.04 Å². The lowest BCUT2D eigenvalue weighted by atomic mass is 9.87. The van der Waals surface area contributed by atoms with Crippen molar-refractivity contribution < 1.29 is 12.9 Å². The van der Waals surface area contributed by atoms with E-state index in [0.29, 0.717) is 11.8 Å². The van der Waals surface area contributed by atoms with Crippen LogP contribution in [0.3, 0.4) is 0 Å². The Hall–Kier alpha value is -0.185. The normalized spacial score (nSPS) is 37.1. The van der Waals surface area contributed by atoms with E-state index in [2.05, 4.69) is 0 Å². The van der Waals surface area contributed by atoms with Crippen LogP contribution in [-0.4, -0.2) is 31.4 Å². The summed E-state index contributed by atoms with van der Waals surface area (Å²) in [5.41, 5.74) is 0. The molecule has 0 heterocycles. The third-order valence-electron chi connectivity index (χ3n) is 3.76. The molecule has 82 valence electrons. The van der Waals surface area contributed by atoms with E-state index in [-0.39, 0.29) is 6.04 Å². The predicted octanol–water partition coefficient (Wildman–Crippen LogP) is 2.49. The fourth-order valence-corrected chi connectivity index (χ4v) is 3.21. The third-order valence-corrected chi connectivity index (χ3v) is 3.76. The molecule has 2 saturated carbocycles. The Morgan fingerprint density at radius 2 is 1.93 bits per heavy atom. The van der Waals surface area contributed by atoms with E-state index in [1.54, 1.807) is 7.05 Å². The van der Waals surface area contributed by atoms with Crippen molar-refractivity contribution in [2.24, 2.45) is 11.8 Å². The van der Waals surface area contributed by atoms with Crippen LogP contribution >= 0.6 is 0 Å². The molecule has 3 atom stereocenters. The summed E-state index contributed by atoms with van der Waals surface area (Å²) in [4.78, 5) is 1.53. The molecule has 1 nitrogen and oxygen atoms in total. The number of hydrogen-bond acceptors (Lipinski definition) is 1. The van der Waals surface area contributed by atoms with Gasteiger partial charge < -0.3 is 17.8 Å². The van der Waals surface area contributed by atoms with Crippen molar-refractivity contribution in [3.05, 3.63) is 0 Å². The summed E-state index contributed by atoms with van der Waals surface area (Å²) in [6.45, 7) is -4.65. The van der Waals surface area contributed by atoms with Crippen LogP contribution in [0.4, 0.5) is 12.9 Å². The summed E-state index contributed by atoms with van der Waals surface area (Å²) in [6.07, 6.45) is 3.86. The Kier molecular flexibility index (Phi) is 2.54. The van der Waals surface area contributed by atoms with Crippen LogP contribution in [0.1, 0.15) is 25.7 Å². The second-order valence-electron chi connectivity index (χ2n) is 4.89. The maximum Gasteiger partial charge on any atom is 0.492 e. The molecule has 0 aromatic carbocycles. The molecule has 14 heavy (non-hydrogen) atoms. The molecule has 0 aliphatic heterocycles. The SMILES string of the molecule is CN(C[B-](F)(F)F)C1CC2CCC1C2. The molecule has 0 amide bonds. The van der Waals surface area contributed by atoms with Crippen LogP contribution in [0.25, 0.3) is 0 Å². The molecule has 0 radical (unpaired) electrons. The van der Waals surface area contributed by atoms with Crippen LogP contribution in [0.2, 0.25) is 0 Å². The first-order valence-corrected chi connectivity index (χ1v) is 5.37. The lowest BCUT2D eigenvalue weighted by molar-refractivity contribution is 0.184. The van der Waals surface area contributed by atoms with Crippen LogP contribution in [0, 0.1) is 11.8 Å². The Labute approximate surface area is 82.7 Å². The van der Waals surface area contributed by atoms with Crippen molar-refractivity contribution in [3.63, 3.8) is 0 Å². The van der Waals surface area contributed by atoms with Gasteiger partial charge in [-0.25, -0.2) is 0 Å². The Morgan fingerprint density at radius 1 is 1.21 bits per heavy atom. The Morgan fingerprint density at radius 3 is 2.36 bits per heavy atom. The van der Waals surface area contributed by atoms with Crippen molar-refractivity contribution >= 4 is 6.98 Å². The van der Waals surface area contributed by atoms with E-state index >= 15 is 0 Å². The molecule has 2 bridgehead atoms. The summed E-state index contributed by atoms with van der Waals surface area (Å²) in [5, 5.41) is 0. The molecule has 0 N–H and O–H groups in total. The molecule has 0 saturated heterocycles. The van der Waals surface area contributed by atoms with Gasteiger partial charge >= 0.3 is 6.98 Å². The van der Waals surface area contributed by atoms with Crippen LogP contribution < -0.4 is 0 Å². The highest BCUT2D eigenvalue weighted by molar-refractivity contribution is 6.58. The minimum atomic E-state index is -4.65. The van der Waals surface area contributed by atoms with Gasteiger partial charge in [-0.05, 0) is 44.6 Å². The molecule has 2 fully saturated rings. The van der Waals surface area contributed by atoms with Crippen LogP contribution in [-0.2, 0) is 0 Å². The first-order valence-electron chi connectivity index (χ1n) is 5.37. The van der Waals surface area contributed by atoms with Crippen molar-refractivity contribution in [1.29, 1.82) is 0 Å². The van der Waals surface area contributed by atoms with Crippen LogP contribution in [0.5, 0.6) is 0 Å². The molecular formula is C9H16BF3N-. The molecule has 5 heteroatoms. The maximum atomic E-state index is 12.2. The minimum Gasteiger partial charge on any atom is -0.448 e. The summed E-state index contributed by atoms with van der Waals surface area (Å²) in [7, 11) is 1.63. The zero-order valence-electron chi connectivity index (χ0n) is 8.43. The topological polar surface area (TPSA) is 3.24 Å². The number of rotatable bonds is 3. The van der Waals surface area contributed by atoms with Crippen molar-refractivity contribution in [2.45, 2.75) is 31.7 Å². The first kappa shape index (κ1) is 10.3. The average Bonchev–Trinajstić information content (AvgIpc) is 2.59. The molecule has 2 aliphatic rings.